The summed E-state index contributed by atoms with van der Waals surface area (Å²) in [7, 11) is 0. The predicted octanol–water partition coefficient (Wildman–Crippen LogP) is 25.4. The van der Waals surface area contributed by atoms with Gasteiger partial charge in [-0.3, -0.25) is 0 Å². The molecule has 0 spiro atoms. The molecule has 18 aromatic rings. The summed E-state index contributed by atoms with van der Waals surface area (Å²) in [6, 6.07) is 97.2. The lowest BCUT2D eigenvalue weighted by Crippen LogP contribution is -2.11. The van der Waals surface area contributed by atoms with Crippen molar-refractivity contribution in [2.45, 2.75) is 39.5 Å². The third-order valence-corrected chi connectivity index (χ3v) is 21.1. The van der Waals surface area contributed by atoms with Crippen LogP contribution in [0.5, 0.6) is 0 Å². The Balaban J connectivity index is 0.820. The van der Waals surface area contributed by atoms with Gasteiger partial charge in [0.1, 0.15) is 0 Å². The highest BCUT2D eigenvalue weighted by atomic mass is 32.1. The smallest absolute Gasteiger partial charge is 0.0540 e. The van der Waals surface area contributed by atoms with E-state index in [1.54, 1.807) is 0 Å². The fourth-order valence-electron chi connectivity index (χ4n) is 14.6. The van der Waals surface area contributed by atoms with E-state index in [9.17, 15) is 0 Å². The Morgan fingerprint density at radius 3 is 0.872 bits per heavy atom. The van der Waals surface area contributed by atoms with E-state index in [0.717, 1.165) is 34.1 Å². The maximum atomic E-state index is 2.51. The first-order valence-electron chi connectivity index (χ1n) is 30.2. The molecule has 0 saturated carbocycles. The molecule has 406 valence electrons. The van der Waals surface area contributed by atoms with Crippen LogP contribution in [0.3, 0.4) is 0 Å². The number of thiophene rings is 2. The standard InChI is InChI=1S/C82H56N2S2/c1-47(2)49-21-29-53(30-22-49)83(55-33-37-65-73-43-69-61-17-9-5-13-57(61)59-15-7-11-19-63(59)71(69)45-79(73)85-77(65)41-55)75-39-27-51-26-36-68-76(40-28-52-25-35-67(75)81(51)82(52)68)84(54-31-23-50(24-32-54)48(3)4)56-34-38-66-74-44-70-62-18-10-6-14-58(62)60-16-8-12-20-64(60)72(70)46-80(74)86-78(66)42-56/h5-48H,1-4H3. The molecule has 0 amide bonds. The zero-order valence-corrected chi connectivity index (χ0v) is 49.7. The lowest BCUT2D eigenvalue weighted by Gasteiger charge is -2.29. The summed E-state index contributed by atoms with van der Waals surface area (Å²) in [6.45, 7) is 9.11. The van der Waals surface area contributed by atoms with E-state index in [0.29, 0.717) is 11.8 Å². The van der Waals surface area contributed by atoms with Crippen LogP contribution >= 0.6 is 22.7 Å². The van der Waals surface area contributed by atoms with Crippen LogP contribution < -0.4 is 9.80 Å². The summed E-state index contributed by atoms with van der Waals surface area (Å²) < 4.78 is 5.17. The third kappa shape index (κ3) is 7.36. The van der Waals surface area contributed by atoms with Gasteiger partial charge < -0.3 is 9.80 Å². The Kier molecular flexibility index (Phi) is 10.9. The topological polar surface area (TPSA) is 6.48 Å². The van der Waals surface area contributed by atoms with Crippen molar-refractivity contribution in [2.24, 2.45) is 0 Å². The second-order valence-electron chi connectivity index (χ2n) is 24.3. The first-order chi connectivity index (χ1) is 42.3. The predicted molar refractivity (Wildman–Crippen MR) is 379 cm³/mol. The van der Waals surface area contributed by atoms with Crippen molar-refractivity contribution in [2.75, 3.05) is 9.80 Å². The highest BCUT2D eigenvalue weighted by Crippen LogP contribution is 2.51. The molecule has 2 heterocycles. The zero-order valence-electron chi connectivity index (χ0n) is 48.1. The SMILES string of the molecule is CC(C)c1ccc(N(c2ccc3c(c2)sc2cc4c5ccccc5c5ccccc5c4cc23)c2ccc3ccc4c(N(c5ccc(C(C)C)cc5)c5ccc6c(c5)sc5cc7c8ccccc8c8ccccc8c7cc56)ccc5ccc2c3c54)cc1. The van der Waals surface area contributed by atoms with E-state index in [-0.39, 0.29) is 0 Å². The minimum Gasteiger partial charge on any atom is -0.310 e. The van der Waals surface area contributed by atoms with Crippen molar-refractivity contribution in [1.82, 2.24) is 0 Å². The van der Waals surface area contributed by atoms with Crippen molar-refractivity contribution >= 4 is 194 Å². The van der Waals surface area contributed by atoms with E-state index in [1.165, 1.54) is 148 Å². The number of anilines is 6. The maximum absolute atomic E-state index is 2.51. The van der Waals surface area contributed by atoms with E-state index >= 15 is 0 Å². The highest BCUT2D eigenvalue weighted by molar-refractivity contribution is 7.26. The average molecular weight is 1130 g/mol. The summed E-state index contributed by atoms with van der Waals surface area (Å²) in [5.41, 5.74) is 9.52. The zero-order chi connectivity index (χ0) is 57.1. The summed E-state index contributed by atoms with van der Waals surface area (Å²) in [5.74, 6) is 0.839. The van der Waals surface area contributed by atoms with Crippen molar-refractivity contribution < 1.29 is 0 Å². The van der Waals surface area contributed by atoms with Crippen molar-refractivity contribution in [3.63, 3.8) is 0 Å². The molecule has 0 radical (unpaired) electrons. The molecule has 0 aliphatic rings. The Morgan fingerprint density at radius 2 is 0.523 bits per heavy atom. The quantitative estimate of drug-likeness (QED) is 0.140. The van der Waals surface area contributed by atoms with E-state index in [4.69, 9.17) is 0 Å². The van der Waals surface area contributed by atoms with Crippen molar-refractivity contribution in [3.8, 4) is 0 Å². The van der Waals surface area contributed by atoms with Crippen LogP contribution in [-0.2, 0) is 0 Å². The number of fused-ring (bicyclic) bond motifs is 18. The monoisotopic (exact) mass is 1130 g/mol. The Bertz CT molecular complexity index is 5480. The van der Waals surface area contributed by atoms with E-state index in [2.05, 4.69) is 292 Å². The molecule has 0 saturated heterocycles. The molecule has 4 heteroatoms. The molecule has 0 fully saturated rings. The summed E-state index contributed by atoms with van der Waals surface area (Å²) >= 11 is 3.81. The highest BCUT2D eigenvalue weighted by Gasteiger charge is 2.24. The van der Waals surface area contributed by atoms with Gasteiger partial charge in [0.05, 0.1) is 11.4 Å². The molecule has 0 aliphatic carbocycles. The molecule has 0 bridgehead atoms. The normalized spacial score (nSPS) is 12.4. The van der Waals surface area contributed by atoms with Crippen LogP contribution in [0.4, 0.5) is 34.1 Å². The molecule has 0 aliphatic heterocycles. The molecular formula is C82H56N2S2. The molecule has 0 N–H and O–H groups in total. The van der Waals surface area contributed by atoms with Gasteiger partial charge in [0.2, 0.25) is 0 Å². The average Bonchev–Trinajstić information content (AvgIpc) is 1.33. The summed E-state index contributed by atoms with van der Waals surface area (Å²) in [6.07, 6.45) is 0. The molecule has 18 rings (SSSR count). The molecule has 16 aromatic carbocycles. The Hall–Kier alpha value is -9.84. The number of benzene rings is 16. The van der Waals surface area contributed by atoms with Gasteiger partial charge in [-0.05, 0) is 194 Å². The third-order valence-electron chi connectivity index (χ3n) is 18.9. The van der Waals surface area contributed by atoms with Crippen molar-refractivity contribution in [1.29, 1.82) is 0 Å². The lowest BCUT2D eigenvalue weighted by atomic mass is 9.91. The van der Waals surface area contributed by atoms with Crippen molar-refractivity contribution in [3.05, 3.63) is 266 Å². The fourth-order valence-corrected chi connectivity index (χ4v) is 17.0. The second-order valence-corrected chi connectivity index (χ2v) is 26.5. The van der Waals surface area contributed by atoms with Gasteiger partial charge in [-0.2, -0.15) is 0 Å². The first kappa shape index (κ1) is 49.6. The lowest BCUT2D eigenvalue weighted by molar-refractivity contribution is 0.866. The molecule has 0 atom stereocenters. The number of hydrogen-bond acceptors (Lipinski definition) is 4. The van der Waals surface area contributed by atoms with Crippen LogP contribution in [0, 0.1) is 0 Å². The molecule has 86 heavy (non-hydrogen) atoms. The first-order valence-corrected chi connectivity index (χ1v) is 31.8. The minimum atomic E-state index is 0.420. The van der Waals surface area contributed by atoms with Crippen LogP contribution in [-0.4, -0.2) is 0 Å². The van der Waals surface area contributed by atoms with Gasteiger partial charge >= 0.3 is 0 Å². The number of rotatable bonds is 8. The van der Waals surface area contributed by atoms with Gasteiger partial charge in [-0.1, -0.05) is 198 Å². The van der Waals surface area contributed by atoms with Crippen LogP contribution in [0.15, 0.2) is 255 Å². The van der Waals surface area contributed by atoms with Gasteiger partial charge in [0, 0.05) is 73.9 Å². The van der Waals surface area contributed by atoms with E-state index < -0.39 is 0 Å². The summed E-state index contributed by atoms with van der Waals surface area (Å²) in [4.78, 5) is 5.02. The minimum absolute atomic E-state index is 0.420. The molecule has 2 aromatic heterocycles. The van der Waals surface area contributed by atoms with Crippen LogP contribution in [0.1, 0.15) is 50.7 Å². The number of hydrogen-bond donors (Lipinski definition) is 0. The van der Waals surface area contributed by atoms with Gasteiger partial charge in [-0.15, -0.1) is 22.7 Å². The fraction of sp³-hybridized carbons (Fsp3) is 0.0732. The second kappa shape index (κ2) is 18.8. The van der Waals surface area contributed by atoms with Crippen LogP contribution in [0.25, 0.3) is 137 Å². The Labute approximate surface area is 505 Å². The van der Waals surface area contributed by atoms with Crippen LogP contribution in [0.2, 0.25) is 0 Å². The largest absolute Gasteiger partial charge is 0.310 e. The molecular weight excluding hydrogens is 1080 g/mol. The Morgan fingerprint density at radius 1 is 0.233 bits per heavy atom. The molecule has 0 unspecified atom stereocenters. The van der Waals surface area contributed by atoms with E-state index in [1.807, 2.05) is 22.7 Å². The van der Waals surface area contributed by atoms with Gasteiger partial charge in [-0.25, -0.2) is 0 Å². The summed E-state index contributed by atoms with van der Waals surface area (Å²) in [5, 5.41) is 28.3. The molecule has 2 nitrogen and oxygen atoms in total. The maximum Gasteiger partial charge on any atom is 0.0540 e. The van der Waals surface area contributed by atoms with Gasteiger partial charge in [0.15, 0.2) is 0 Å². The number of nitrogens with zero attached hydrogens (tertiary/aromatic N) is 2. The van der Waals surface area contributed by atoms with Gasteiger partial charge in [0.25, 0.3) is 0 Å².